The summed E-state index contributed by atoms with van der Waals surface area (Å²) in [5.41, 5.74) is 0.739. The van der Waals surface area contributed by atoms with E-state index >= 15 is 0 Å². The molecule has 0 saturated carbocycles. The predicted molar refractivity (Wildman–Crippen MR) is 66.3 cm³/mol. The van der Waals surface area contributed by atoms with Crippen molar-refractivity contribution in [1.82, 2.24) is 15.0 Å². The first kappa shape index (κ1) is 11.3. The summed E-state index contributed by atoms with van der Waals surface area (Å²) in [5, 5.41) is 9.59. The average Bonchev–Trinajstić information content (AvgIpc) is 2.27. The number of hydrogen-bond donors (Lipinski definition) is 1. The number of hydrogen-bond acceptors (Lipinski definition) is 4. The molecule has 4 heteroatoms. The highest BCUT2D eigenvalue weighted by atomic mass is 16.3. The maximum Gasteiger partial charge on any atom is 0.156 e. The SMILES string of the molecule is Cc1nc(C)nc(/C=C/c2ccccc2O)n1. The first-order valence-electron chi connectivity index (χ1n) is 5.30. The van der Waals surface area contributed by atoms with Crippen LogP contribution in [0, 0.1) is 13.8 Å². The highest BCUT2D eigenvalue weighted by Gasteiger charge is 1.98. The normalized spacial score (nSPS) is 10.9. The van der Waals surface area contributed by atoms with Crippen LogP contribution in [0.2, 0.25) is 0 Å². The zero-order valence-electron chi connectivity index (χ0n) is 9.75. The number of aryl methyl sites for hydroxylation is 2. The number of nitrogens with zero attached hydrogens (tertiary/aromatic N) is 3. The molecule has 0 atom stereocenters. The van der Waals surface area contributed by atoms with E-state index in [0.717, 1.165) is 5.56 Å². The van der Waals surface area contributed by atoms with Crippen molar-refractivity contribution < 1.29 is 5.11 Å². The topological polar surface area (TPSA) is 58.9 Å². The lowest BCUT2D eigenvalue weighted by Gasteiger charge is -1.99. The lowest BCUT2D eigenvalue weighted by Crippen LogP contribution is -1.98. The molecule has 1 aromatic carbocycles. The van der Waals surface area contributed by atoms with Gasteiger partial charge in [-0.05, 0) is 32.1 Å². The molecule has 0 amide bonds. The molecule has 0 bridgehead atoms. The Hall–Kier alpha value is -2.23. The minimum atomic E-state index is 0.242. The maximum atomic E-state index is 9.59. The third-order valence-electron chi connectivity index (χ3n) is 2.23. The van der Waals surface area contributed by atoms with Crippen LogP contribution in [0.1, 0.15) is 23.0 Å². The molecule has 0 aliphatic rings. The van der Waals surface area contributed by atoms with E-state index < -0.39 is 0 Å². The number of phenols is 1. The van der Waals surface area contributed by atoms with Crippen molar-refractivity contribution in [2.24, 2.45) is 0 Å². The van der Waals surface area contributed by atoms with Crippen LogP contribution in [0.5, 0.6) is 5.75 Å². The van der Waals surface area contributed by atoms with Crippen LogP contribution in [-0.2, 0) is 0 Å². The lowest BCUT2D eigenvalue weighted by atomic mass is 10.2. The van der Waals surface area contributed by atoms with E-state index in [9.17, 15) is 5.11 Å². The van der Waals surface area contributed by atoms with Gasteiger partial charge in [-0.3, -0.25) is 0 Å². The Balaban J connectivity index is 2.29. The third kappa shape index (κ3) is 2.87. The molecule has 0 radical (unpaired) electrons. The number of para-hydroxylation sites is 1. The summed E-state index contributed by atoms with van der Waals surface area (Å²) in [6.45, 7) is 3.65. The zero-order valence-corrected chi connectivity index (χ0v) is 9.75. The van der Waals surface area contributed by atoms with Crippen molar-refractivity contribution in [2.45, 2.75) is 13.8 Å². The monoisotopic (exact) mass is 227 g/mol. The summed E-state index contributed by atoms with van der Waals surface area (Å²) in [5.74, 6) is 2.22. The highest BCUT2D eigenvalue weighted by molar-refractivity contribution is 5.69. The van der Waals surface area contributed by atoms with Gasteiger partial charge in [0.15, 0.2) is 5.82 Å². The first-order chi connectivity index (χ1) is 8.15. The van der Waals surface area contributed by atoms with Crippen molar-refractivity contribution in [3.05, 3.63) is 47.3 Å². The van der Waals surface area contributed by atoms with Crippen LogP contribution in [0.3, 0.4) is 0 Å². The second kappa shape index (κ2) is 4.74. The second-order valence-electron chi connectivity index (χ2n) is 3.68. The van der Waals surface area contributed by atoms with Crippen molar-refractivity contribution in [2.75, 3.05) is 0 Å². The van der Waals surface area contributed by atoms with Gasteiger partial charge in [-0.1, -0.05) is 18.2 Å². The number of benzene rings is 1. The van der Waals surface area contributed by atoms with Gasteiger partial charge >= 0.3 is 0 Å². The molecule has 4 nitrogen and oxygen atoms in total. The Morgan fingerprint density at radius 1 is 0.941 bits per heavy atom. The lowest BCUT2D eigenvalue weighted by molar-refractivity contribution is 0.474. The minimum absolute atomic E-state index is 0.242. The number of aromatic hydroxyl groups is 1. The first-order valence-corrected chi connectivity index (χ1v) is 5.30. The summed E-state index contributed by atoms with van der Waals surface area (Å²) in [7, 11) is 0. The minimum Gasteiger partial charge on any atom is -0.507 e. The van der Waals surface area contributed by atoms with Gasteiger partial charge in [-0.2, -0.15) is 0 Å². The molecule has 1 N–H and O–H groups in total. The summed E-state index contributed by atoms with van der Waals surface area (Å²) < 4.78 is 0. The predicted octanol–water partition coefficient (Wildman–Crippen LogP) is 2.36. The van der Waals surface area contributed by atoms with Crippen molar-refractivity contribution in [1.29, 1.82) is 0 Å². The second-order valence-corrected chi connectivity index (χ2v) is 3.68. The van der Waals surface area contributed by atoms with Crippen LogP contribution in [0.4, 0.5) is 0 Å². The molecule has 0 aliphatic carbocycles. The number of aromatic nitrogens is 3. The Morgan fingerprint density at radius 3 is 2.24 bits per heavy atom. The molecular weight excluding hydrogens is 214 g/mol. The van der Waals surface area contributed by atoms with Crippen molar-refractivity contribution >= 4 is 12.2 Å². The van der Waals surface area contributed by atoms with Gasteiger partial charge in [0.2, 0.25) is 0 Å². The van der Waals surface area contributed by atoms with Crippen LogP contribution >= 0.6 is 0 Å². The molecule has 86 valence electrons. The van der Waals surface area contributed by atoms with Crippen LogP contribution in [-0.4, -0.2) is 20.1 Å². The van der Waals surface area contributed by atoms with Gasteiger partial charge in [0.1, 0.15) is 17.4 Å². The van der Waals surface area contributed by atoms with Gasteiger partial charge in [0.25, 0.3) is 0 Å². The van der Waals surface area contributed by atoms with E-state index in [1.165, 1.54) is 0 Å². The number of rotatable bonds is 2. The van der Waals surface area contributed by atoms with E-state index in [-0.39, 0.29) is 5.75 Å². The van der Waals surface area contributed by atoms with E-state index in [1.54, 1.807) is 24.3 Å². The van der Waals surface area contributed by atoms with Gasteiger partial charge in [0.05, 0.1) is 0 Å². The quantitative estimate of drug-likeness (QED) is 0.855. The Bertz CT molecular complexity index is 544. The Labute approximate surface area is 99.7 Å². The van der Waals surface area contributed by atoms with Crippen LogP contribution < -0.4 is 0 Å². The molecule has 0 aliphatic heterocycles. The molecular formula is C13H13N3O. The third-order valence-corrected chi connectivity index (χ3v) is 2.23. The Morgan fingerprint density at radius 2 is 1.59 bits per heavy atom. The summed E-state index contributed by atoms with van der Waals surface area (Å²) in [6, 6.07) is 7.11. The molecule has 0 spiro atoms. The van der Waals surface area contributed by atoms with Gasteiger partial charge < -0.3 is 5.11 Å². The fourth-order valence-corrected chi connectivity index (χ4v) is 1.51. The number of phenolic OH excluding ortho intramolecular Hbond substituents is 1. The molecule has 2 rings (SSSR count). The highest BCUT2D eigenvalue weighted by Crippen LogP contribution is 2.17. The standard InChI is InChI=1S/C13H13N3O/c1-9-14-10(2)16-13(15-9)8-7-11-5-3-4-6-12(11)17/h3-8,17H,1-2H3/b8-7+. The van der Waals surface area contributed by atoms with E-state index in [2.05, 4.69) is 15.0 Å². The van der Waals surface area contributed by atoms with E-state index in [0.29, 0.717) is 17.5 Å². The summed E-state index contributed by atoms with van der Waals surface area (Å²) in [6.07, 6.45) is 3.54. The molecule has 17 heavy (non-hydrogen) atoms. The molecule has 0 saturated heterocycles. The fraction of sp³-hybridized carbons (Fsp3) is 0.154. The van der Waals surface area contributed by atoms with Gasteiger partial charge in [-0.15, -0.1) is 0 Å². The van der Waals surface area contributed by atoms with Gasteiger partial charge in [0, 0.05) is 5.56 Å². The Kier molecular flexibility index (Phi) is 3.14. The fourth-order valence-electron chi connectivity index (χ4n) is 1.51. The zero-order chi connectivity index (χ0) is 12.3. The molecule has 0 fully saturated rings. The maximum absolute atomic E-state index is 9.59. The largest absolute Gasteiger partial charge is 0.507 e. The van der Waals surface area contributed by atoms with E-state index in [1.807, 2.05) is 26.0 Å². The molecule has 0 unspecified atom stereocenters. The van der Waals surface area contributed by atoms with Crippen molar-refractivity contribution in [3.8, 4) is 5.75 Å². The van der Waals surface area contributed by atoms with E-state index in [4.69, 9.17) is 0 Å². The molecule has 1 heterocycles. The molecule has 2 aromatic rings. The van der Waals surface area contributed by atoms with Gasteiger partial charge in [-0.25, -0.2) is 15.0 Å². The summed E-state index contributed by atoms with van der Waals surface area (Å²) in [4.78, 5) is 12.5. The van der Waals surface area contributed by atoms with Crippen molar-refractivity contribution in [3.63, 3.8) is 0 Å². The van der Waals surface area contributed by atoms with Crippen LogP contribution in [0.25, 0.3) is 12.2 Å². The average molecular weight is 227 g/mol. The smallest absolute Gasteiger partial charge is 0.156 e. The van der Waals surface area contributed by atoms with Crippen LogP contribution in [0.15, 0.2) is 24.3 Å². The molecule has 1 aromatic heterocycles. The summed E-state index contributed by atoms with van der Waals surface area (Å²) >= 11 is 0.